The molecular formula is C18H37N3. The van der Waals surface area contributed by atoms with E-state index in [9.17, 15) is 0 Å². The Morgan fingerprint density at radius 2 is 1.86 bits per heavy atom. The molecule has 0 aromatic carbocycles. The second-order valence-corrected chi connectivity index (χ2v) is 7.41. The van der Waals surface area contributed by atoms with E-state index in [0.717, 1.165) is 11.8 Å². The molecule has 1 aliphatic carbocycles. The van der Waals surface area contributed by atoms with Crippen molar-refractivity contribution < 1.29 is 0 Å². The van der Waals surface area contributed by atoms with Crippen LogP contribution < -0.4 is 5.32 Å². The second-order valence-electron chi connectivity index (χ2n) is 7.41. The molecule has 4 atom stereocenters. The van der Waals surface area contributed by atoms with Gasteiger partial charge in [0.2, 0.25) is 0 Å². The van der Waals surface area contributed by atoms with Crippen molar-refractivity contribution in [2.45, 2.75) is 64.5 Å². The van der Waals surface area contributed by atoms with Crippen LogP contribution in [-0.2, 0) is 0 Å². The van der Waals surface area contributed by atoms with Gasteiger partial charge in [0.1, 0.15) is 0 Å². The zero-order chi connectivity index (χ0) is 15.2. The summed E-state index contributed by atoms with van der Waals surface area (Å²) in [5.41, 5.74) is 0. The van der Waals surface area contributed by atoms with E-state index in [4.69, 9.17) is 0 Å². The second kappa shape index (κ2) is 8.50. The van der Waals surface area contributed by atoms with E-state index in [0.29, 0.717) is 12.1 Å². The third kappa shape index (κ3) is 4.43. The Kier molecular flexibility index (Phi) is 6.97. The van der Waals surface area contributed by atoms with E-state index in [1.54, 1.807) is 0 Å². The van der Waals surface area contributed by atoms with Crippen molar-refractivity contribution in [3.8, 4) is 0 Å². The maximum atomic E-state index is 3.96. The Morgan fingerprint density at radius 3 is 2.57 bits per heavy atom. The number of hydrogen-bond donors (Lipinski definition) is 1. The largest absolute Gasteiger partial charge is 0.312 e. The van der Waals surface area contributed by atoms with Gasteiger partial charge in [-0.1, -0.05) is 39.5 Å². The van der Waals surface area contributed by atoms with Gasteiger partial charge < -0.3 is 10.2 Å². The zero-order valence-electron chi connectivity index (χ0n) is 14.8. The first-order valence-electron chi connectivity index (χ1n) is 9.29. The minimum atomic E-state index is 0.683. The molecule has 1 saturated heterocycles. The molecule has 0 bridgehead atoms. The van der Waals surface area contributed by atoms with Crippen LogP contribution in [0.2, 0.25) is 0 Å². The summed E-state index contributed by atoms with van der Waals surface area (Å²) in [6.07, 6.45) is 8.40. The number of rotatable bonds is 6. The third-order valence-electron chi connectivity index (χ3n) is 5.90. The molecule has 1 saturated carbocycles. The van der Waals surface area contributed by atoms with Crippen molar-refractivity contribution in [1.82, 2.24) is 15.1 Å². The molecule has 2 aliphatic rings. The Morgan fingerprint density at radius 1 is 1.10 bits per heavy atom. The number of hydrogen-bond acceptors (Lipinski definition) is 3. The van der Waals surface area contributed by atoms with Gasteiger partial charge in [-0.05, 0) is 45.3 Å². The molecule has 0 amide bonds. The molecule has 3 nitrogen and oxygen atoms in total. The maximum Gasteiger partial charge on any atom is 0.0376 e. The monoisotopic (exact) mass is 295 g/mol. The van der Waals surface area contributed by atoms with E-state index in [-0.39, 0.29) is 0 Å². The summed E-state index contributed by atoms with van der Waals surface area (Å²) in [4.78, 5) is 5.14. The third-order valence-corrected chi connectivity index (χ3v) is 5.90. The van der Waals surface area contributed by atoms with Gasteiger partial charge in [0.15, 0.2) is 0 Å². The molecule has 1 heterocycles. The van der Waals surface area contributed by atoms with Crippen LogP contribution in [-0.4, -0.2) is 62.2 Å². The first-order chi connectivity index (χ1) is 10.2. The van der Waals surface area contributed by atoms with Crippen LogP contribution in [0.25, 0.3) is 0 Å². The SMILES string of the molecule is CCCNC(C1CCCCC1CC)C1CN(C)CCN1C. The van der Waals surface area contributed by atoms with Crippen molar-refractivity contribution in [3.63, 3.8) is 0 Å². The van der Waals surface area contributed by atoms with Crippen molar-refractivity contribution in [1.29, 1.82) is 0 Å². The van der Waals surface area contributed by atoms with Gasteiger partial charge in [-0.25, -0.2) is 0 Å². The van der Waals surface area contributed by atoms with Crippen LogP contribution in [0, 0.1) is 11.8 Å². The summed E-state index contributed by atoms with van der Waals surface area (Å²) in [6.45, 7) is 9.52. The van der Waals surface area contributed by atoms with Gasteiger partial charge >= 0.3 is 0 Å². The molecule has 1 N–H and O–H groups in total. The maximum absolute atomic E-state index is 3.96. The first-order valence-corrected chi connectivity index (χ1v) is 9.29. The standard InChI is InChI=1S/C18H37N3/c1-5-11-19-18(16-10-8-7-9-15(16)6-2)17-14-20(3)12-13-21(17)4/h15-19H,5-14H2,1-4H3. The number of nitrogens with zero attached hydrogens (tertiary/aromatic N) is 2. The van der Waals surface area contributed by atoms with Crippen LogP contribution in [0.4, 0.5) is 0 Å². The number of likely N-dealkylation sites (N-methyl/N-ethyl adjacent to an activating group) is 2. The molecule has 4 unspecified atom stereocenters. The van der Waals surface area contributed by atoms with Gasteiger partial charge in [-0.3, -0.25) is 4.90 Å². The summed E-state index contributed by atoms with van der Waals surface area (Å²) in [5.74, 6) is 1.82. The predicted molar refractivity (Wildman–Crippen MR) is 91.7 cm³/mol. The molecule has 0 aromatic heterocycles. The van der Waals surface area contributed by atoms with Crippen LogP contribution >= 0.6 is 0 Å². The normalized spacial score (nSPS) is 34.0. The van der Waals surface area contributed by atoms with Gasteiger partial charge in [0.05, 0.1) is 0 Å². The van der Waals surface area contributed by atoms with E-state index >= 15 is 0 Å². The summed E-state index contributed by atoms with van der Waals surface area (Å²) in [7, 11) is 4.62. The van der Waals surface area contributed by atoms with Gasteiger partial charge in [0, 0.05) is 31.7 Å². The van der Waals surface area contributed by atoms with Gasteiger partial charge in [0.25, 0.3) is 0 Å². The van der Waals surface area contributed by atoms with Crippen molar-refractivity contribution in [2.24, 2.45) is 11.8 Å². The van der Waals surface area contributed by atoms with Crippen molar-refractivity contribution in [3.05, 3.63) is 0 Å². The summed E-state index contributed by atoms with van der Waals surface area (Å²) >= 11 is 0. The average Bonchev–Trinajstić information content (AvgIpc) is 2.51. The Labute approximate surface area is 132 Å². The lowest BCUT2D eigenvalue weighted by molar-refractivity contribution is 0.0452. The minimum absolute atomic E-state index is 0.683. The van der Waals surface area contributed by atoms with Crippen LogP contribution in [0.15, 0.2) is 0 Å². The fourth-order valence-corrected chi connectivity index (χ4v) is 4.53. The summed E-state index contributed by atoms with van der Waals surface area (Å²) in [5, 5.41) is 3.96. The van der Waals surface area contributed by atoms with E-state index in [1.807, 2.05) is 0 Å². The topological polar surface area (TPSA) is 18.5 Å². The minimum Gasteiger partial charge on any atom is -0.312 e. The molecule has 124 valence electrons. The first kappa shape index (κ1) is 17.2. The molecule has 1 aliphatic heterocycles. The molecule has 0 radical (unpaired) electrons. The molecular weight excluding hydrogens is 258 g/mol. The highest BCUT2D eigenvalue weighted by atomic mass is 15.3. The Hall–Kier alpha value is -0.120. The average molecular weight is 296 g/mol. The van der Waals surface area contributed by atoms with E-state index < -0.39 is 0 Å². The van der Waals surface area contributed by atoms with Crippen LogP contribution in [0.1, 0.15) is 52.4 Å². The fourth-order valence-electron chi connectivity index (χ4n) is 4.53. The molecule has 21 heavy (non-hydrogen) atoms. The molecule has 3 heteroatoms. The molecule has 0 spiro atoms. The quantitative estimate of drug-likeness (QED) is 0.813. The predicted octanol–water partition coefficient (Wildman–Crippen LogP) is 2.82. The molecule has 0 aromatic rings. The van der Waals surface area contributed by atoms with Crippen molar-refractivity contribution >= 4 is 0 Å². The van der Waals surface area contributed by atoms with Crippen LogP contribution in [0.5, 0.6) is 0 Å². The van der Waals surface area contributed by atoms with Crippen molar-refractivity contribution in [2.75, 3.05) is 40.3 Å². The smallest absolute Gasteiger partial charge is 0.0376 e. The molecule has 2 rings (SSSR count). The van der Waals surface area contributed by atoms with Crippen LogP contribution in [0.3, 0.4) is 0 Å². The molecule has 2 fully saturated rings. The van der Waals surface area contributed by atoms with Gasteiger partial charge in [-0.2, -0.15) is 0 Å². The lowest BCUT2D eigenvalue weighted by Gasteiger charge is -2.47. The van der Waals surface area contributed by atoms with E-state index in [1.165, 1.54) is 64.7 Å². The number of piperazine rings is 1. The Balaban J connectivity index is 2.11. The highest BCUT2D eigenvalue weighted by Crippen LogP contribution is 2.36. The lowest BCUT2D eigenvalue weighted by Crippen LogP contribution is -2.61. The Bertz CT molecular complexity index is 292. The highest BCUT2D eigenvalue weighted by Gasteiger charge is 2.38. The number of nitrogens with one attached hydrogen (secondary N) is 1. The zero-order valence-corrected chi connectivity index (χ0v) is 14.8. The van der Waals surface area contributed by atoms with E-state index in [2.05, 4.69) is 43.1 Å². The fraction of sp³-hybridized carbons (Fsp3) is 1.00. The summed E-state index contributed by atoms with van der Waals surface area (Å²) in [6, 6.07) is 1.37. The van der Waals surface area contributed by atoms with Gasteiger partial charge in [-0.15, -0.1) is 0 Å². The lowest BCUT2D eigenvalue weighted by atomic mass is 9.71. The summed E-state index contributed by atoms with van der Waals surface area (Å²) < 4.78 is 0. The highest BCUT2D eigenvalue weighted by molar-refractivity contribution is 4.95.